The molecule has 0 fully saturated rings. The monoisotopic (exact) mass is 401 g/mol. The van der Waals surface area contributed by atoms with Crippen molar-refractivity contribution in [1.29, 1.82) is 0 Å². The standard InChI is InChI=1S/C21H24FN3O2S/c1-15-10-11-25(18-8-3-4-9-19(18)28-15)21(27)14-24(2)13-20(26)23-17-7-5-6-16(22)12-17/h3-9,12,15H,10-11,13-14H2,1-2H3,(H,23,26)/t15-/m0/s1. The summed E-state index contributed by atoms with van der Waals surface area (Å²) in [7, 11) is 1.73. The molecule has 0 bridgehead atoms. The van der Waals surface area contributed by atoms with E-state index in [1.165, 1.54) is 18.2 Å². The van der Waals surface area contributed by atoms with Gasteiger partial charge in [0.05, 0.1) is 18.8 Å². The average Bonchev–Trinajstić information content (AvgIpc) is 2.79. The zero-order chi connectivity index (χ0) is 20.1. The van der Waals surface area contributed by atoms with E-state index in [1.54, 1.807) is 29.8 Å². The Hall–Kier alpha value is -2.38. The number of benzene rings is 2. The molecule has 1 heterocycles. The largest absolute Gasteiger partial charge is 0.325 e. The fourth-order valence-corrected chi connectivity index (χ4v) is 4.24. The smallest absolute Gasteiger partial charge is 0.241 e. The van der Waals surface area contributed by atoms with Crippen LogP contribution in [0.25, 0.3) is 0 Å². The summed E-state index contributed by atoms with van der Waals surface area (Å²) in [6.45, 7) is 3.00. The molecule has 148 valence electrons. The number of para-hydroxylation sites is 1. The topological polar surface area (TPSA) is 52.7 Å². The molecule has 0 saturated carbocycles. The van der Waals surface area contributed by atoms with Crippen molar-refractivity contribution in [1.82, 2.24) is 4.90 Å². The Labute approximate surface area is 168 Å². The van der Waals surface area contributed by atoms with E-state index in [-0.39, 0.29) is 24.9 Å². The van der Waals surface area contributed by atoms with Crippen molar-refractivity contribution in [3.63, 3.8) is 0 Å². The summed E-state index contributed by atoms with van der Waals surface area (Å²) < 4.78 is 13.2. The molecule has 0 aromatic heterocycles. The van der Waals surface area contributed by atoms with Gasteiger partial charge in [0.25, 0.3) is 0 Å². The van der Waals surface area contributed by atoms with Gasteiger partial charge in [0, 0.05) is 22.4 Å². The zero-order valence-electron chi connectivity index (χ0n) is 16.0. The van der Waals surface area contributed by atoms with Crippen LogP contribution in [0.5, 0.6) is 0 Å². The summed E-state index contributed by atoms with van der Waals surface area (Å²) >= 11 is 1.78. The molecule has 1 aliphatic heterocycles. The molecule has 2 aromatic rings. The number of carbonyl (C=O) groups is 2. The number of likely N-dealkylation sites (N-methyl/N-ethyl adjacent to an activating group) is 1. The Morgan fingerprint density at radius 2 is 2.00 bits per heavy atom. The minimum Gasteiger partial charge on any atom is -0.325 e. The summed E-state index contributed by atoms with van der Waals surface area (Å²) in [5, 5.41) is 3.09. The molecule has 2 aromatic carbocycles. The summed E-state index contributed by atoms with van der Waals surface area (Å²) in [6.07, 6.45) is 0.912. The van der Waals surface area contributed by atoms with Gasteiger partial charge in [-0.3, -0.25) is 14.5 Å². The fourth-order valence-electron chi connectivity index (χ4n) is 3.13. The number of thioether (sulfide) groups is 1. The highest BCUT2D eigenvalue weighted by Crippen LogP contribution is 2.37. The molecule has 0 spiro atoms. The molecule has 5 nitrogen and oxygen atoms in total. The number of amides is 2. The lowest BCUT2D eigenvalue weighted by Crippen LogP contribution is -2.42. The van der Waals surface area contributed by atoms with Crippen LogP contribution < -0.4 is 10.2 Å². The van der Waals surface area contributed by atoms with Crippen LogP contribution in [0.2, 0.25) is 0 Å². The highest BCUT2D eigenvalue weighted by atomic mass is 32.2. The first-order chi connectivity index (χ1) is 13.4. The number of fused-ring (bicyclic) bond motifs is 1. The molecule has 28 heavy (non-hydrogen) atoms. The Kier molecular flexibility index (Phi) is 6.70. The highest BCUT2D eigenvalue weighted by molar-refractivity contribution is 8.00. The van der Waals surface area contributed by atoms with E-state index in [0.717, 1.165) is 17.0 Å². The number of nitrogens with zero attached hydrogens (tertiary/aromatic N) is 2. The Morgan fingerprint density at radius 1 is 1.21 bits per heavy atom. The van der Waals surface area contributed by atoms with E-state index in [4.69, 9.17) is 0 Å². The molecule has 0 radical (unpaired) electrons. The summed E-state index contributed by atoms with van der Waals surface area (Å²) in [5.41, 5.74) is 1.33. The average molecular weight is 402 g/mol. The molecule has 7 heteroatoms. The van der Waals surface area contributed by atoms with Gasteiger partial charge in [-0.25, -0.2) is 4.39 Å². The molecule has 1 atom stereocenters. The van der Waals surface area contributed by atoms with Crippen molar-refractivity contribution in [2.24, 2.45) is 0 Å². The molecule has 1 N–H and O–H groups in total. The van der Waals surface area contributed by atoms with Crippen molar-refractivity contribution in [3.05, 3.63) is 54.3 Å². The number of hydrogen-bond donors (Lipinski definition) is 1. The third-order valence-corrected chi connectivity index (χ3v) is 5.71. The van der Waals surface area contributed by atoms with Crippen LogP contribution in [-0.4, -0.2) is 48.6 Å². The first kappa shape index (κ1) is 20.4. The van der Waals surface area contributed by atoms with E-state index in [2.05, 4.69) is 12.2 Å². The second-order valence-corrected chi connectivity index (χ2v) is 8.44. The fraction of sp³-hybridized carbons (Fsp3) is 0.333. The zero-order valence-corrected chi connectivity index (χ0v) is 16.8. The maximum absolute atomic E-state index is 13.2. The predicted octanol–water partition coefficient (Wildman–Crippen LogP) is 3.61. The van der Waals surface area contributed by atoms with E-state index in [1.807, 2.05) is 29.2 Å². The lowest BCUT2D eigenvalue weighted by Gasteiger charge is -2.25. The van der Waals surface area contributed by atoms with Gasteiger partial charge in [-0.05, 0) is 43.8 Å². The Balaban J connectivity index is 1.60. The number of halogens is 1. The lowest BCUT2D eigenvalue weighted by molar-refractivity contribution is -0.121. The van der Waals surface area contributed by atoms with Crippen LogP contribution in [0.15, 0.2) is 53.4 Å². The molecule has 1 aliphatic rings. The van der Waals surface area contributed by atoms with Gasteiger partial charge >= 0.3 is 0 Å². The number of hydrogen-bond acceptors (Lipinski definition) is 4. The minimum atomic E-state index is -0.409. The van der Waals surface area contributed by atoms with Crippen molar-refractivity contribution >= 4 is 35.0 Å². The van der Waals surface area contributed by atoms with Gasteiger partial charge in [-0.2, -0.15) is 0 Å². The second-order valence-electron chi connectivity index (χ2n) is 6.96. The molecule has 0 saturated heterocycles. The summed E-state index contributed by atoms with van der Waals surface area (Å²) in [4.78, 5) is 29.7. The Morgan fingerprint density at radius 3 is 2.79 bits per heavy atom. The number of rotatable bonds is 5. The quantitative estimate of drug-likeness (QED) is 0.832. The van der Waals surface area contributed by atoms with Crippen molar-refractivity contribution in [3.8, 4) is 0 Å². The van der Waals surface area contributed by atoms with Gasteiger partial charge < -0.3 is 10.2 Å². The Bertz CT molecular complexity index is 861. The number of nitrogens with one attached hydrogen (secondary N) is 1. The second kappa shape index (κ2) is 9.21. The first-order valence-electron chi connectivity index (χ1n) is 9.22. The predicted molar refractivity (Wildman–Crippen MR) is 111 cm³/mol. The van der Waals surface area contributed by atoms with Crippen LogP contribution in [0, 0.1) is 5.82 Å². The summed E-state index contributed by atoms with van der Waals surface area (Å²) in [6, 6.07) is 13.7. The lowest BCUT2D eigenvalue weighted by atomic mass is 10.2. The SMILES string of the molecule is C[C@H]1CCN(C(=O)CN(C)CC(=O)Nc2cccc(F)c2)c2ccccc2S1. The van der Waals surface area contributed by atoms with Crippen LogP contribution in [0.4, 0.5) is 15.8 Å². The van der Waals surface area contributed by atoms with Gasteiger partial charge in [0.1, 0.15) is 5.82 Å². The van der Waals surface area contributed by atoms with Gasteiger partial charge in [0.15, 0.2) is 0 Å². The third-order valence-electron chi connectivity index (χ3n) is 4.47. The highest BCUT2D eigenvalue weighted by Gasteiger charge is 2.25. The van der Waals surface area contributed by atoms with Crippen LogP contribution in [-0.2, 0) is 9.59 Å². The van der Waals surface area contributed by atoms with Crippen LogP contribution in [0.1, 0.15) is 13.3 Å². The van der Waals surface area contributed by atoms with Gasteiger partial charge in [0.2, 0.25) is 11.8 Å². The van der Waals surface area contributed by atoms with Crippen molar-refractivity contribution in [2.75, 3.05) is 36.9 Å². The maximum Gasteiger partial charge on any atom is 0.241 e. The summed E-state index contributed by atoms with van der Waals surface area (Å²) in [5.74, 6) is -0.738. The normalized spacial score (nSPS) is 16.4. The van der Waals surface area contributed by atoms with E-state index < -0.39 is 5.82 Å². The maximum atomic E-state index is 13.2. The van der Waals surface area contributed by atoms with E-state index in [9.17, 15) is 14.0 Å². The van der Waals surface area contributed by atoms with E-state index >= 15 is 0 Å². The van der Waals surface area contributed by atoms with Gasteiger partial charge in [-0.1, -0.05) is 25.1 Å². The molecule has 3 rings (SSSR count). The molecular weight excluding hydrogens is 377 g/mol. The third kappa shape index (κ3) is 5.33. The number of anilines is 2. The molecule has 2 amide bonds. The molecular formula is C21H24FN3O2S. The van der Waals surface area contributed by atoms with E-state index in [0.29, 0.717) is 17.5 Å². The minimum absolute atomic E-state index is 0.0387. The molecule has 0 aliphatic carbocycles. The number of carbonyl (C=O) groups excluding carboxylic acids is 2. The first-order valence-corrected chi connectivity index (χ1v) is 10.1. The molecule has 0 unspecified atom stereocenters. The van der Waals surface area contributed by atoms with Crippen molar-refractivity contribution in [2.45, 2.75) is 23.5 Å². The van der Waals surface area contributed by atoms with Crippen LogP contribution in [0.3, 0.4) is 0 Å². The van der Waals surface area contributed by atoms with Crippen LogP contribution >= 0.6 is 11.8 Å². The van der Waals surface area contributed by atoms with Crippen molar-refractivity contribution < 1.29 is 14.0 Å². The van der Waals surface area contributed by atoms with Gasteiger partial charge in [-0.15, -0.1) is 11.8 Å².